The van der Waals surface area contributed by atoms with Crippen LogP contribution >= 0.6 is 12.4 Å². The van der Waals surface area contributed by atoms with Gasteiger partial charge in [-0.3, -0.25) is 4.98 Å². The second-order valence-corrected chi connectivity index (χ2v) is 5.69. The Labute approximate surface area is 153 Å². The summed E-state index contributed by atoms with van der Waals surface area (Å²) in [4.78, 5) is 4.37. The van der Waals surface area contributed by atoms with Crippen LogP contribution in [0.1, 0.15) is 23.6 Å². The number of pyridine rings is 1. The van der Waals surface area contributed by atoms with Crippen molar-refractivity contribution in [1.82, 2.24) is 4.98 Å². The van der Waals surface area contributed by atoms with E-state index in [1.165, 1.54) is 11.1 Å². The van der Waals surface area contributed by atoms with Crippen LogP contribution in [-0.4, -0.2) is 11.6 Å². The molecule has 0 atom stereocenters. The van der Waals surface area contributed by atoms with E-state index in [1.54, 1.807) is 6.20 Å². The van der Waals surface area contributed by atoms with Gasteiger partial charge in [-0.05, 0) is 62.2 Å². The number of halogens is 1. The lowest BCUT2D eigenvalue weighted by molar-refractivity contribution is 0.340. The summed E-state index contributed by atoms with van der Waals surface area (Å²) < 4.78 is 5.59. The highest BCUT2D eigenvalue weighted by Gasteiger charge is 2.11. The van der Waals surface area contributed by atoms with Gasteiger partial charge in [-0.15, -0.1) is 12.4 Å². The molecule has 128 valence electrons. The molecule has 1 heterocycles. The molecule has 0 aliphatic carbocycles. The number of nitriles is 1. The Hall–Kier alpha value is -2.77. The maximum absolute atomic E-state index is 9.47. The van der Waals surface area contributed by atoms with E-state index in [-0.39, 0.29) is 12.4 Å². The third kappa shape index (κ3) is 3.84. The van der Waals surface area contributed by atoms with Gasteiger partial charge in [0.05, 0.1) is 23.4 Å². The molecule has 0 amide bonds. The molecule has 25 heavy (non-hydrogen) atoms. The minimum absolute atomic E-state index is 0. The van der Waals surface area contributed by atoms with Crippen LogP contribution in [0, 0.1) is 25.2 Å². The van der Waals surface area contributed by atoms with Crippen molar-refractivity contribution in [1.29, 1.82) is 5.26 Å². The van der Waals surface area contributed by atoms with Crippen molar-refractivity contribution in [2.75, 3.05) is 11.9 Å². The first-order chi connectivity index (χ1) is 11.6. The van der Waals surface area contributed by atoms with Crippen molar-refractivity contribution >= 4 is 34.7 Å². The highest BCUT2D eigenvalue weighted by atomic mass is 35.5. The van der Waals surface area contributed by atoms with Gasteiger partial charge in [-0.25, -0.2) is 0 Å². The number of aryl methyl sites for hydroxylation is 2. The molecule has 0 aliphatic heterocycles. The lowest BCUT2D eigenvalue weighted by atomic mass is 10.1. The number of hydrogen-bond donors (Lipinski definition) is 1. The maximum Gasteiger partial charge on any atom is 0.120 e. The van der Waals surface area contributed by atoms with Gasteiger partial charge in [0.25, 0.3) is 0 Å². The molecule has 3 rings (SSSR count). The Kier molecular flexibility index (Phi) is 5.84. The van der Waals surface area contributed by atoms with Gasteiger partial charge >= 0.3 is 0 Å². The Morgan fingerprint density at radius 2 is 1.92 bits per heavy atom. The monoisotopic (exact) mass is 353 g/mol. The van der Waals surface area contributed by atoms with E-state index in [0.717, 1.165) is 28.0 Å². The Morgan fingerprint density at radius 1 is 1.12 bits per heavy atom. The quantitative estimate of drug-likeness (QED) is 0.692. The minimum atomic E-state index is 0. The van der Waals surface area contributed by atoms with Crippen molar-refractivity contribution in [3.63, 3.8) is 0 Å². The molecular weight excluding hydrogens is 334 g/mol. The van der Waals surface area contributed by atoms with E-state index < -0.39 is 0 Å². The minimum Gasteiger partial charge on any atom is -0.494 e. The summed E-state index contributed by atoms with van der Waals surface area (Å²) >= 11 is 0. The van der Waals surface area contributed by atoms with E-state index in [0.29, 0.717) is 12.2 Å². The Morgan fingerprint density at radius 3 is 2.60 bits per heavy atom. The third-order valence-electron chi connectivity index (χ3n) is 4.05. The van der Waals surface area contributed by atoms with Gasteiger partial charge in [0.1, 0.15) is 11.8 Å². The third-order valence-corrected chi connectivity index (χ3v) is 4.05. The van der Waals surface area contributed by atoms with E-state index in [9.17, 15) is 5.26 Å². The molecule has 0 saturated carbocycles. The number of aromatic nitrogens is 1. The zero-order chi connectivity index (χ0) is 17.1. The normalized spacial score (nSPS) is 10.0. The van der Waals surface area contributed by atoms with Gasteiger partial charge in [-0.2, -0.15) is 5.26 Å². The average Bonchev–Trinajstić information content (AvgIpc) is 2.59. The summed E-state index contributed by atoms with van der Waals surface area (Å²) in [5, 5.41) is 13.7. The number of hydrogen-bond acceptors (Lipinski definition) is 4. The van der Waals surface area contributed by atoms with E-state index in [2.05, 4.69) is 42.4 Å². The van der Waals surface area contributed by atoms with Crippen LogP contribution in [0.3, 0.4) is 0 Å². The van der Waals surface area contributed by atoms with Crippen LogP contribution in [0.25, 0.3) is 10.9 Å². The SMILES string of the molecule is CCOc1ccc2ncc(C#N)c(Nc3ccc(C)c(C)c3)c2c1.Cl. The topological polar surface area (TPSA) is 57.9 Å². The number of anilines is 2. The molecule has 0 unspecified atom stereocenters. The lowest BCUT2D eigenvalue weighted by Gasteiger charge is -2.13. The molecule has 2 aromatic carbocycles. The van der Waals surface area contributed by atoms with Crippen LogP contribution < -0.4 is 10.1 Å². The molecule has 0 saturated heterocycles. The summed E-state index contributed by atoms with van der Waals surface area (Å²) in [6.07, 6.45) is 1.60. The van der Waals surface area contributed by atoms with Gasteiger partial charge in [0.15, 0.2) is 0 Å². The Bertz CT molecular complexity index is 948. The van der Waals surface area contributed by atoms with Crippen molar-refractivity contribution in [2.24, 2.45) is 0 Å². The molecule has 1 aromatic heterocycles. The molecule has 3 aromatic rings. The number of ether oxygens (including phenoxy) is 1. The van der Waals surface area contributed by atoms with Gasteiger partial charge in [0, 0.05) is 17.3 Å². The number of rotatable bonds is 4. The highest BCUT2D eigenvalue weighted by Crippen LogP contribution is 2.31. The second-order valence-electron chi connectivity index (χ2n) is 5.69. The number of fused-ring (bicyclic) bond motifs is 1. The van der Waals surface area contributed by atoms with Crippen LogP contribution in [0.15, 0.2) is 42.6 Å². The molecule has 1 N–H and O–H groups in total. The molecule has 0 radical (unpaired) electrons. The van der Waals surface area contributed by atoms with Crippen molar-refractivity contribution < 1.29 is 4.74 Å². The van der Waals surface area contributed by atoms with Crippen molar-refractivity contribution in [3.05, 3.63) is 59.3 Å². The first kappa shape index (κ1) is 18.6. The fraction of sp³-hybridized carbons (Fsp3) is 0.200. The summed E-state index contributed by atoms with van der Waals surface area (Å²) in [6.45, 7) is 6.69. The number of nitrogens with one attached hydrogen (secondary N) is 1. The van der Waals surface area contributed by atoms with Crippen LogP contribution in [-0.2, 0) is 0 Å². The summed E-state index contributed by atoms with van der Waals surface area (Å²) in [5.74, 6) is 0.769. The molecule has 0 spiro atoms. The van der Waals surface area contributed by atoms with Gasteiger partial charge in [0.2, 0.25) is 0 Å². The largest absolute Gasteiger partial charge is 0.494 e. The molecule has 4 nitrogen and oxygen atoms in total. The predicted molar refractivity (Wildman–Crippen MR) is 104 cm³/mol. The Balaban J connectivity index is 0.00000225. The highest BCUT2D eigenvalue weighted by molar-refractivity contribution is 5.96. The summed E-state index contributed by atoms with van der Waals surface area (Å²) in [6, 6.07) is 14.1. The van der Waals surface area contributed by atoms with Crippen LogP contribution in [0.5, 0.6) is 5.75 Å². The first-order valence-corrected chi connectivity index (χ1v) is 7.92. The summed E-state index contributed by atoms with van der Waals surface area (Å²) in [7, 11) is 0. The number of benzene rings is 2. The molecule has 0 fully saturated rings. The van der Waals surface area contributed by atoms with Gasteiger partial charge < -0.3 is 10.1 Å². The van der Waals surface area contributed by atoms with Crippen molar-refractivity contribution in [2.45, 2.75) is 20.8 Å². The van der Waals surface area contributed by atoms with Gasteiger partial charge in [-0.1, -0.05) is 6.07 Å². The zero-order valence-corrected chi connectivity index (χ0v) is 15.3. The molecule has 0 bridgehead atoms. The van der Waals surface area contributed by atoms with Crippen LogP contribution in [0.4, 0.5) is 11.4 Å². The van der Waals surface area contributed by atoms with E-state index in [4.69, 9.17) is 4.74 Å². The lowest BCUT2D eigenvalue weighted by Crippen LogP contribution is -1.98. The standard InChI is InChI=1S/C20H19N3O.ClH/c1-4-24-17-7-8-19-18(10-17)20(15(11-21)12-22-19)23-16-6-5-13(2)14(3)9-16;/h5-10,12H,4H2,1-3H3,(H,22,23);1H. The van der Waals surface area contributed by atoms with Crippen molar-refractivity contribution in [3.8, 4) is 11.8 Å². The zero-order valence-electron chi connectivity index (χ0n) is 14.5. The summed E-state index contributed by atoms with van der Waals surface area (Å²) in [5.41, 5.74) is 5.47. The molecular formula is C20H20ClN3O. The molecule has 5 heteroatoms. The van der Waals surface area contributed by atoms with Crippen LogP contribution in [0.2, 0.25) is 0 Å². The fourth-order valence-electron chi connectivity index (χ4n) is 2.61. The number of nitrogens with zero attached hydrogens (tertiary/aromatic N) is 2. The van der Waals surface area contributed by atoms with E-state index in [1.807, 2.05) is 31.2 Å². The molecule has 0 aliphatic rings. The smallest absolute Gasteiger partial charge is 0.120 e. The predicted octanol–water partition coefficient (Wildman–Crippen LogP) is 5.29. The van der Waals surface area contributed by atoms with E-state index >= 15 is 0 Å². The second kappa shape index (κ2) is 7.87. The average molecular weight is 354 g/mol. The fourth-order valence-corrected chi connectivity index (χ4v) is 2.61. The maximum atomic E-state index is 9.47. The first-order valence-electron chi connectivity index (χ1n) is 7.92.